The monoisotopic (exact) mass is 210 g/mol. The van der Waals surface area contributed by atoms with Crippen LogP contribution < -0.4 is 15.8 Å². The van der Waals surface area contributed by atoms with Crippen molar-refractivity contribution in [3.63, 3.8) is 0 Å². The molecule has 0 unspecified atom stereocenters. The molecule has 0 aromatic carbocycles. The molecule has 15 heavy (non-hydrogen) atoms. The fraction of sp³-hybridized carbons (Fsp3) is 0.556. The predicted octanol–water partition coefficient (Wildman–Crippen LogP) is -0.574. The summed E-state index contributed by atoms with van der Waals surface area (Å²) in [7, 11) is 0. The SMILES string of the molecule is Nc1ncncc1OCCNC1COC1. The van der Waals surface area contributed by atoms with E-state index in [0.717, 1.165) is 19.8 Å². The van der Waals surface area contributed by atoms with Gasteiger partial charge in [-0.2, -0.15) is 0 Å². The van der Waals surface area contributed by atoms with Crippen LogP contribution in [-0.2, 0) is 4.74 Å². The van der Waals surface area contributed by atoms with E-state index in [2.05, 4.69) is 15.3 Å². The lowest BCUT2D eigenvalue weighted by atomic mass is 10.2. The van der Waals surface area contributed by atoms with Gasteiger partial charge in [0, 0.05) is 6.54 Å². The zero-order valence-corrected chi connectivity index (χ0v) is 8.35. The quantitative estimate of drug-likeness (QED) is 0.633. The molecular weight excluding hydrogens is 196 g/mol. The Hall–Kier alpha value is -1.40. The van der Waals surface area contributed by atoms with Gasteiger partial charge in [-0.15, -0.1) is 0 Å². The van der Waals surface area contributed by atoms with Crippen LogP contribution in [0.1, 0.15) is 0 Å². The Morgan fingerprint density at radius 3 is 3.13 bits per heavy atom. The molecule has 1 aromatic rings. The van der Waals surface area contributed by atoms with Crippen molar-refractivity contribution in [3.05, 3.63) is 12.5 Å². The molecule has 0 aliphatic carbocycles. The Kier molecular flexibility index (Phi) is 3.31. The number of nitrogens with zero attached hydrogens (tertiary/aromatic N) is 2. The van der Waals surface area contributed by atoms with Crippen LogP contribution >= 0.6 is 0 Å². The van der Waals surface area contributed by atoms with Crippen molar-refractivity contribution >= 4 is 5.82 Å². The molecule has 0 amide bonds. The van der Waals surface area contributed by atoms with Crippen molar-refractivity contribution in [2.75, 3.05) is 32.1 Å². The van der Waals surface area contributed by atoms with E-state index >= 15 is 0 Å². The highest BCUT2D eigenvalue weighted by Crippen LogP contribution is 2.14. The van der Waals surface area contributed by atoms with Gasteiger partial charge in [-0.05, 0) is 0 Å². The molecule has 1 aromatic heterocycles. The zero-order valence-electron chi connectivity index (χ0n) is 8.35. The van der Waals surface area contributed by atoms with Crippen molar-refractivity contribution in [1.29, 1.82) is 0 Å². The summed E-state index contributed by atoms with van der Waals surface area (Å²) in [6.45, 7) is 2.89. The third-order valence-electron chi connectivity index (χ3n) is 2.14. The van der Waals surface area contributed by atoms with Crippen molar-refractivity contribution in [2.45, 2.75) is 6.04 Å². The summed E-state index contributed by atoms with van der Waals surface area (Å²) in [5.74, 6) is 0.904. The van der Waals surface area contributed by atoms with Crippen LogP contribution in [0.15, 0.2) is 12.5 Å². The number of anilines is 1. The number of nitrogens with two attached hydrogens (primary N) is 1. The first-order valence-electron chi connectivity index (χ1n) is 4.85. The summed E-state index contributed by atoms with van der Waals surface area (Å²) in [5, 5.41) is 3.28. The number of nitrogen functional groups attached to an aromatic ring is 1. The summed E-state index contributed by atoms with van der Waals surface area (Å²) < 4.78 is 10.4. The lowest BCUT2D eigenvalue weighted by Crippen LogP contribution is -2.47. The summed E-state index contributed by atoms with van der Waals surface area (Å²) in [6.07, 6.45) is 2.96. The fourth-order valence-corrected chi connectivity index (χ4v) is 1.22. The topological polar surface area (TPSA) is 82.3 Å². The molecule has 1 aliphatic heterocycles. The molecule has 2 heterocycles. The standard InChI is InChI=1S/C9H14N4O2/c10-9-8(3-11-6-13-9)15-2-1-12-7-4-14-5-7/h3,6-7,12H,1-2,4-5H2,(H2,10,11,13). The van der Waals surface area contributed by atoms with E-state index in [9.17, 15) is 0 Å². The molecule has 1 saturated heterocycles. The van der Waals surface area contributed by atoms with Gasteiger partial charge in [0.05, 0.1) is 25.5 Å². The molecule has 2 rings (SSSR count). The first kappa shape index (κ1) is 10.1. The van der Waals surface area contributed by atoms with Gasteiger partial charge in [-0.3, -0.25) is 0 Å². The summed E-state index contributed by atoms with van der Waals surface area (Å²) in [4.78, 5) is 7.65. The maximum Gasteiger partial charge on any atom is 0.179 e. The highest BCUT2D eigenvalue weighted by Gasteiger charge is 2.16. The van der Waals surface area contributed by atoms with E-state index in [1.54, 1.807) is 6.20 Å². The van der Waals surface area contributed by atoms with Crippen LogP contribution in [0.25, 0.3) is 0 Å². The second kappa shape index (κ2) is 4.90. The molecule has 3 N–H and O–H groups in total. The second-order valence-electron chi connectivity index (χ2n) is 3.31. The molecule has 6 nitrogen and oxygen atoms in total. The van der Waals surface area contributed by atoms with Crippen molar-refractivity contribution in [3.8, 4) is 5.75 Å². The first-order valence-corrected chi connectivity index (χ1v) is 4.85. The van der Waals surface area contributed by atoms with Crippen molar-refractivity contribution in [2.24, 2.45) is 0 Å². The van der Waals surface area contributed by atoms with E-state index in [0.29, 0.717) is 24.2 Å². The highest BCUT2D eigenvalue weighted by atomic mass is 16.5. The zero-order chi connectivity index (χ0) is 10.5. The summed E-state index contributed by atoms with van der Waals surface area (Å²) >= 11 is 0. The van der Waals surface area contributed by atoms with Gasteiger partial charge in [-0.1, -0.05) is 0 Å². The molecule has 6 heteroatoms. The molecule has 1 fully saturated rings. The smallest absolute Gasteiger partial charge is 0.179 e. The summed E-state index contributed by atoms with van der Waals surface area (Å²) in [6, 6.07) is 0.470. The molecule has 0 bridgehead atoms. The molecule has 0 spiro atoms. The molecule has 0 atom stereocenters. The second-order valence-corrected chi connectivity index (χ2v) is 3.31. The normalized spacial score (nSPS) is 16.0. The Morgan fingerprint density at radius 1 is 1.60 bits per heavy atom. The van der Waals surface area contributed by atoms with E-state index in [-0.39, 0.29) is 0 Å². The number of hydrogen-bond acceptors (Lipinski definition) is 6. The Balaban J connectivity index is 1.66. The Labute approximate surface area is 87.8 Å². The minimum atomic E-state index is 0.372. The van der Waals surface area contributed by atoms with Crippen LogP contribution in [0, 0.1) is 0 Å². The Bertz CT molecular complexity index is 317. The van der Waals surface area contributed by atoms with Crippen LogP contribution in [0.2, 0.25) is 0 Å². The third-order valence-corrected chi connectivity index (χ3v) is 2.14. The molecule has 0 radical (unpaired) electrons. The lowest BCUT2D eigenvalue weighted by molar-refractivity contribution is -0.00595. The maximum absolute atomic E-state index is 5.58. The van der Waals surface area contributed by atoms with Crippen molar-refractivity contribution < 1.29 is 9.47 Å². The van der Waals surface area contributed by atoms with Crippen LogP contribution in [0.4, 0.5) is 5.82 Å². The Morgan fingerprint density at radius 2 is 2.47 bits per heavy atom. The van der Waals surface area contributed by atoms with Crippen LogP contribution in [0.3, 0.4) is 0 Å². The van der Waals surface area contributed by atoms with Crippen LogP contribution in [-0.4, -0.2) is 42.4 Å². The van der Waals surface area contributed by atoms with E-state index in [1.165, 1.54) is 6.33 Å². The first-order chi connectivity index (χ1) is 7.36. The fourth-order valence-electron chi connectivity index (χ4n) is 1.22. The minimum Gasteiger partial charge on any atom is -0.487 e. The molecular formula is C9H14N4O2. The van der Waals surface area contributed by atoms with E-state index in [1.807, 2.05) is 0 Å². The number of aromatic nitrogens is 2. The molecule has 82 valence electrons. The molecule has 1 aliphatic rings. The van der Waals surface area contributed by atoms with E-state index in [4.69, 9.17) is 15.2 Å². The van der Waals surface area contributed by atoms with Gasteiger partial charge in [0.15, 0.2) is 11.6 Å². The average Bonchev–Trinajstić information content (AvgIpc) is 2.17. The number of hydrogen-bond donors (Lipinski definition) is 2. The van der Waals surface area contributed by atoms with E-state index < -0.39 is 0 Å². The largest absolute Gasteiger partial charge is 0.487 e. The number of nitrogens with one attached hydrogen (secondary N) is 1. The van der Waals surface area contributed by atoms with Gasteiger partial charge in [0.1, 0.15) is 12.9 Å². The predicted molar refractivity (Wildman–Crippen MR) is 54.5 cm³/mol. The number of rotatable bonds is 5. The average molecular weight is 210 g/mol. The van der Waals surface area contributed by atoms with Crippen LogP contribution in [0.5, 0.6) is 5.75 Å². The molecule has 0 saturated carbocycles. The highest BCUT2D eigenvalue weighted by molar-refractivity contribution is 5.42. The summed E-state index contributed by atoms with van der Waals surface area (Å²) in [5.41, 5.74) is 5.58. The third kappa shape index (κ3) is 2.77. The van der Waals surface area contributed by atoms with Gasteiger partial charge in [0.25, 0.3) is 0 Å². The van der Waals surface area contributed by atoms with Gasteiger partial charge < -0.3 is 20.5 Å². The maximum atomic E-state index is 5.58. The van der Waals surface area contributed by atoms with Gasteiger partial charge in [0.2, 0.25) is 0 Å². The van der Waals surface area contributed by atoms with Crippen molar-refractivity contribution in [1.82, 2.24) is 15.3 Å². The lowest BCUT2D eigenvalue weighted by Gasteiger charge is -2.26. The van der Waals surface area contributed by atoms with Gasteiger partial charge >= 0.3 is 0 Å². The number of ether oxygens (including phenoxy) is 2. The van der Waals surface area contributed by atoms with Gasteiger partial charge in [-0.25, -0.2) is 9.97 Å². The minimum absolute atomic E-state index is 0.372.